The largest absolute Gasteiger partial charge is 0.480 e. The molecule has 0 spiro atoms. The van der Waals surface area contributed by atoms with Gasteiger partial charge in [-0.15, -0.1) is 5.10 Å². The van der Waals surface area contributed by atoms with Crippen molar-refractivity contribution in [3.8, 4) is 5.75 Å². The van der Waals surface area contributed by atoms with E-state index in [0.29, 0.717) is 10.6 Å². The first-order valence-corrected chi connectivity index (χ1v) is 5.69. The van der Waals surface area contributed by atoms with Crippen LogP contribution in [0.4, 0.5) is 26.3 Å². The molecule has 0 saturated heterocycles. The van der Waals surface area contributed by atoms with Crippen LogP contribution in [0, 0.1) is 0 Å². The van der Waals surface area contributed by atoms with Crippen LogP contribution in [0.25, 0.3) is 5.65 Å². The smallest absolute Gasteiger partial charge is 0.433 e. The predicted molar refractivity (Wildman–Crippen MR) is 57.2 cm³/mol. The third-order valence-electron chi connectivity index (χ3n) is 2.10. The summed E-state index contributed by atoms with van der Waals surface area (Å²) in [5.41, 5.74) is -1.64. The van der Waals surface area contributed by atoms with E-state index in [2.05, 4.69) is 30.7 Å². The lowest BCUT2D eigenvalue weighted by molar-refractivity contribution is -0.153. The molecule has 11 heteroatoms. The van der Waals surface area contributed by atoms with Gasteiger partial charge in [-0.25, -0.2) is 4.52 Å². The normalized spacial score (nSPS) is 12.9. The predicted octanol–water partition coefficient (Wildman–Crippen LogP) is 3.45. The Bertz CT molecular complexity index is 635. The summed E-state index contributed by atoms with van der Waals surface area (Å²) >= 11 is 2.76. The number of fused-ring (bicyclic) bond motifs is 1. The quantitative estimate of drug-likeness (QED) is 0.767. The Morgan fingerprint density at radius 3 is 2.35 bits per heavy atom. The molecule has 0 bridgehead atoms. The van der Waals surface area contributed by atoms with Crippen molar-refractivity contribution in [1.82, 2.24) is 14.6 Å². The van der Waals surface area contributed by atoms with Gasteiger partial charge in [0.05, 0.1) is 0 Å². The van der Waals surface area contributed by atoms with Crippen LogP contribution in [0.2, 0.25) is 0 Å². The fourth-order valence-corrected chi connectivity index (χ4v) is 1.73. The molecule has 2 rings (SSSR count). The summed E-state index contributed by atoms with van der Waals surface area (Å²) in [7, 11) is 0. The van der Waals surface area contributed by atoms with Gasteiger partial charge in [-0.05, 0) is 28.1 Å². The minimum absolute atomic E-state index is 0.203. The van der Waals surface area contributed by atoms with Gasteiger partial charge in [0.15, 0.2) is 18.0 Å². The molecule has 0 amide bonds. The van der Waals surface area contributed by atoms with E-state index in [1.54, 1.807) is 0 Å². The summed E-state index contributed by atoms with van der Waals surface area (Å²) in [5, 5.41) is 3.43. The van der Waals surface area contributed by atoms with Crippen molar-refractivity contribution in [2.45, 2.75) is 12.4 Å². The van der Waals surface area contributed by atoms with Gasteiger partial charge in [-0.2, -0.15) is 31.3 Å². The van der Waals surface area contributed by atoms with E-state index >= 15 is 0 Å². The molecule has 110 valence electrons. The third-order valence-corrected chi connectivity index (χ3v) is 2.44. The maximum absolute atomic E-state index is 12.7. The van der Waals surface area contributed by atoms with Gasteiger partial charge >= 0.3 is 12.4 Å². The summed E-state index contributed by atoms with van der Waals surface area (Å²) < 4.78 is 78.9. The number of halogens is 7. The Morgan fingerprint density at radius 1 is 1.15 bits per heavy atom. The first-order chi connectivity index (χ1) is 9.08. The molecular formula is C9H4BrF6N3O. The summed E-state index contributed by atoms with van der Waals surface area (Å²) in [4.78, 5) is 3.56. The average Bonchev–Trinajstić information content (AvgIpc) is 2.64. The fourth-order valence-electron chi connectivity index (χ4n) is 1.40. The second-order valence-corrected chi connectivity index (χ2v) is 4.31. The van der Waals surface area contributed by atoms with Crippen LogP contribution in [0.15, 0.2) is 16.9 Å². The molecule has 0 atom stereocenters. The summed E-state index contributed by atoms with van der Waals surface area (Å²) in [5.74, 6) is -0.450. The van der Waals surface area contributed by atoms with Crippen molar-refractivity contribution < 1.29 is 31.1 Å². The molecule has 0 fully saturated rings. The molecule has 4 nitrogen and oxygen atoms in total. The zero-order chi connectivity index (χ0) is 15.1. The van der Waals surface area contributed by atoms with Crippen molar-refractivity contribution >= 4 is 21.6 Å². The Balaban J connectivity index is 2.49. The van der Waals surface area contributed by atoms with Crippen molar-refractivity contribution in [3.05, 3.63) is 22.6 Å². The first-order valence-electron chi connectivity index (χ1n) is 4.90. The Kier molecular flexibility index (Phi) is 3.56. The van der Waals surface area contributed by atoms with Gasteiger partial charge < -0.3 is 4.74 Å². The second kappa shape index (κ2) is 4.79. The lowest BCUT2D eigenvalue weighted by atomic mass is 10.3. The van der Waals surface area contributed by atoms with E-state index in [0.717, 1.165) is 6.07 Å². The summed E-state index contributed by atoms with van der Waals surface area (Å²) in [6.07, 6.45) is -9.34. The standard InChI is InChI=1S/C9H4BrF6N3O/c10-7-17-6-4(20-3-8(11,12)13)1-2-5(9(14,15)16)19(6)18-7/h1-2H,3H2. The van der Waals surface area contributed by atoms with Crippen molar-refractivity contribution in [1.29, 1.82) is 0 Å². The molecule has 0 unspecified atom stereocenters. The van der Waals surface area contributed by atoms with Crippen LogP contribution >= 0.6 is 15.9 Å². The molecule has 0 radical (unpaired) electrons. The van der Waals surface area contributed by atoms with Crippen molar-refractivity contribution in [2.75, 3.05) is 6.61 Å². The van der Waals surface area contributed by atoms with Gasteiger partial charge in [0.1, 0.15) is 5.69 Å². The number of hydrogen-bond acceptors (Lipinski definition) is 3. The number of rotatable bonds is 2. The van der Waals surface area contributed by atoms with Gasteiger partial charge in [-0.1, -0.05) is 0 Å². The second-order valence-electron chi connectivity index (χ2n) is 3.60. The van der Waals surface area contributed by atoms with E-state index in [9.17, 15) is 26.3 Å². The average molecular weight is 364 g/mol. The summed E-state index contributed by atoms with van der Waals surface area (Å²) in [6.45, 7) is -1.64. The van der Waals surface area contributed by atoms with Crippen LogP contribution in [-0.2, 0) is 6.18 Å². The van der Waals surface area contributed by atoms with Crippen LogP contribution in [0.1, 0.15) is 5.69 Å². The van der Waals surface area contributed by atoms with Crippen molar-refractivity contribution in [2.24, 2.45) is 0 Å². The molecule has 0 aliphatic carbocycles. The molecule has 20 heavy (non-hydrogen) atoms. The minimum Gasteiger partial charge on any atom is -0.480 e. The highest BCUT2D eigenvalue weighted by atomic mass is 79.9. The van der Waals surface area contributed by atoms with Gasteiger partial charge in [0, 0.05) is 0 Å². The van der Waals surface area contributed by atoms with Gasteiger partial charge in [0.25, 0.3) is 0 Å². The van der Waals surface area contributed by atoms with Crippen LogP contribution < -0.4 is 4.74 Å². The van der Waals surface area contributed by atoms with E-state index in [4.69, 9.17) is 0 Å². The molecule has 2 heterocycles. The van der Waals surface area contributed by atoms with E-state index in [-0.39, 0.29) is 4.73 Å². The van der Waals surface area contributed by atoms with Gasteiger partial charge in [0.2, 0.25) is 4.73 Å². The number of pyridine rings is 1. The molecule has 0 saturated carbocycles. The number of nitrogens with zero attached hydrogens (tertiary/aromatic N) is 3. The van der Waals surface area contributed by atoms with Crippen molar-refractivity contribution in [3.63, 3.8) is 0 Å². The Labute approximate surface area is 115 Å². The lowest BCUT2D eigenvalue weighted by Crippen LogP contribution is -2.20. The molecule has 0 N–H and O–H groups in total. The zero-order valence-corrected chi connectivity index (χ0v) is 10.8. The molecule has 2 aromatic heterocycles. The maximum atomic E-state index is 12.7. The molecule has 0 aromatic carbocycles. The topological polar surface area (TPSA) is 39.4 Å². The summed E-state index contributed by atoms with van der Waals surface area (Å²) in [6, 6.07) is 1.34. The van der Waals surface area contributed by atoms with Crippen LogP contribution in [0.5, 0.6) is 5.75 Å². The molecular weight excluding hydrogens is 360 g/mol. The Hall–Kier alpha value is -1.52. The minimum atomic E-state index is -4.73. The maximum Gasteiger partial charge on any atom is 0.433 e. The van der Waals surface area contributed by atoms with Gasteiger partial charge in [-0.3, -0.25) is 0 Å². The van der Waals surface area contributed by atoms with E-state index in [1.807, 2.05) is 0 Å². The lowest BCUT2D eigenvalue weighted by Gasteiger charge is -2.12. The number of hydrogen-bond donors (Lipinski definition) is 0. The SMILES string of the molecule is FC(F)(F)COc1ccc(C(F)(F)F)n2nc(Br)nc12. The van der Waals surface area contributed by atoms with E-state index in [1.165, 1.54) is 0 Å². The molecule has 0 aliphatic rings. The van der Waals surface area contributed by atoms with Crippen LogP contribution in [0.3, 0.4) is 0 Å². The fraction of sp³-hybridized carbons (Fsp3) is 0.333. The van der Waals surface area contributed by atoms with Crippen LogP contribution in [-0.4, -0.2) is 27.4 Å². The number of ether oxygens (including phenoxy) is 1. The third kappa shape index (κ3) is 3.14. The highest BCUT2D eigenvalue weighted by Crippen LogP contribution is 2.33. The number of alkyl halides is 6. The first kappa shape index (κ1) is 14.9. The zero-order valence-electron chi connectivity index (χ0n) is 9.26. The number of aromatic nitrogens is 3. The van der Waals surface area contributed by atoms with E-state index < -0.39 is 36.1 Å². The Morgan fingerprint density at radius 2 is 1.80 bits per heavy atom. The molecule has 2 aromatic rings. The highest BCUT2D eigenvalue weighted by Gasteiger charge is 2.35. The monoisotopic (exact) mass is 363 g/mol. The highest BCUT2D eigenvalue weighted by molar-refractivity contribution is 9.10. The molecule has 0 aliphatic heterocycles.